The van der Waals surface area contributed by atoms with E-state index in [9.17, 15) is 13.2 Å². The topological polar surface area (TPSA) is 74.7 Å². The lowest BCUT2D eigenvalue weighted by molar-refractivity contribution is -0.136. The van der Waals surface area contributed by atoms with Gasteiger partial charge in [0.1, 0.15) is 4.21 Å². The third-order valence-electron chi connectivity index (χ3n) is 3.08. The standard InChI is InChI=1S/C14H23NO4S2/c1-3-5-9-15(10-6-4-2)21(18,19)14-8-7-12(20-14)11-13(16)17/h7-8H,3-6,9-11H2,1-2H3,(H,16,17). The summed E-state index contributed by atoms with van der Waals surface area (Å²) >= 11 is 1.05. The molecule has 0 fully saturated rings. The second-order valence-corrected chi connectivity index (χ2v) is 8.24. The molecule has 1 aromatic rings. The normalized spacial score (nSPS) is 12.0. The van der Waals surface area contributed by atoms with E-state index in [-0.39, 0.29) is 10.6 Å². The first-order valence-corrected chi connectivity index (χ1v) is 9.48. The number of nitrogens with zero attached hydrogens (tertiary/aromatic N) is 1. The van der Waals surface area contributed by atoms with Crippen LogP contribution < -0.4 is 0 Å². The molecule has 0 radical (unpaired) electrons. The fourth-order valence-electron chi connectivity index (χ4n) is 1.89. The number of carboxylic acid groups (broad SMARTS) is 1. The van der Waals surface area contributed by atoms with E-state index >= 15 is 0 Å². The number of carbonyl (C=O) groups is 1. The zero-order chi connectivity index (χ0) is 15.9. The van der Waals surface area contributed by atoms with Crippen molar-refractivity contribution in [1.82, 2.24) is 4.31 Å². The summed E-state index contributed by atoms with van der Waals surface area (Å²) in [7, 11) is -3.50. The zero-order valence-corrected chi connectivity index (χ0v) is 14.2. The monoisotopic (exact) mass is 333 g/mol. The summed E-state index contributed by atoms with van der Waals surface area (Å²) in [5.41, 5.74) is 0. The van der Waals surface area contributed by atoms with E-state index in [1.54, 1.807) is 6.07 Å². The first kappa shape index (κ1) is 18.1. The number of hydrogen-bond donors (Lipinski definition) is 1. The second-order valence-electron chi connectivity index (χ2n) is 4.90. The van der Waals surface area contributed by atoms with Crippen LogP contribution in [0.15, 0.2) is 16.3 Å². The van der Waals surface area contributed by atoms with Gasteiger partial charge < -0.3 is 5.11 Å². The Kier molecular flexibility index (Phi) is 7.34. The first-order valence-electron chi connectivity index (χ1n) is 7.22. The lowest BCUT2D eigenvalue weighted by Gasteiger charge is -2.20. The summed E-state index contributed by atoms with van der Waals surface area (Å²) in [6.45, 7) is 5.09. The van der Waals surface area contributed by atoms with Crippen LogP contribution >= 0.6 is 11.3 Å². The molecule has 0 aliphatic carbocycles. The minimum absolute atomic E-state index is 0.135. The van der Waals surface area contributed by atoms with Crippen molar-refractivity contribution >= 4 is 27.3 Å². The summed E-state index contributed by atoms with van der Waals surface area (Å²) in [5.74, 6) is -0.949. The van der Waals surface area contributed by atoms with Crippen molar-refractivity contribution in [2.45, 2.75) is 50.2 Å². The SMILES string of the molecule is CCCCN(CCCC)S(=O)(=O)c1ccc(CC(=O)O)s1. The number of sulfonamides is 1. The number of thiophene rings is 1. The van der Waals surface area contributed by atoms with E-state index in [1.165, 1.54) is 10.4 Å². The smallest absolute Gasteiger partial charge is 0.308 e. The quantitative estimate of drug-likeness (QED) is 0.714. The third kappa shape index (κ3) is 5.41. The average molecular weight is 333 g/mol. The van der Waals surface area contributed by atoms with Gasteiger partial charge in [-0.15, -0.1) is 11.3 Å². The van der Waals surface area contributed by atoms with Crippen LogP contribution in [-0.2, 0) is 21.2 Å². The molecular formula is C14H23NO4S2. The Morgan fingerprint density at radius 3 is 2.24 bits per heavy atom. The Morgan fingerprint density at radius 2 is 1.76 bits per heavy atom. The van der Waals surface area contributed by atoms with Crippen LogP contribution in [0.25, 0.3) is 0 Å². The Morgan fingerprint density at radius 1 is 1.19 bits per heavy atom. The van der Waals surface area contributed by atoms with Crippen LogP contribution in [0.5, 0.6) is 0 Å². The molecule has 0 atom stereocenters. The minimum Gasteiger partial charge on any atom is -0.481 e. The van der Waals surface area contributed by atoms with E-state index in [4.69, 9.17) is 5.11 Å². The molecule has 0 amide bonds. The number of aliphatic carboxylic acids is 1. The molecular weight excluding hydrogens is 310 g/mol. The maximum Gasteiger partial charge on any atom is 0.308 e. The highest BCUT2D eigenvalue weighted by atomic mass is 32.2. The molecule has 0 saturated heterocycles. The van der Waals surface area contributed by atoms with Crippen molar-refractivity contribution in [3.05, 3.63) is 17.0 Å². The molecule has 1 aromatic heterocycles. The van der Waals surface area contributed by atoms with Gasteiger partial charge in [0.2, 0.25) is 0 Å². The lowest BCUT2D eigenvalue weighted by atomic mass is 10.3. The van der Waals surface area contributed by atoms with Crippen molar-refractivity contribution in [3.8, 4) is 0 Å². The van der Waals surface area contributed by atoms with Crippen LogP contribution in [0.1, 0.15) is 44.4 Å². The van der Waals surface area contributed by atoms with Gasteiger partial charge >= 0.3 is 5.97 Å². The highest BCUT2D eigenvalue weighted by Crippen LogP contribution is 2.26. The third-order valence-corrected chi connectivity index (χ3v) is 6.53. The molecule has 1 rings (SSSR count). The predicted molar refractivity (Wildman–Crippen MR) is 84.2 cm³/mol. The van der Waals surface area contributed by atoms with Gasteiger partial charge in [0, 0.05) is 18.0 Å². The van der Waals surface area contributed by atoms with E-state index in [0.717, 1.165) is 37.0 Å². The Labute approximate surface area is 130 Å². The van der Waals surface area contributed by atoms with Crippen LogP contribution in [0.2, 0.25) is 0 Å². The Bertz CT molecular complexity index is 543. The molecule has 0 aliphatic heterocycles. The molecule has 0 saturated carbocycles. The van der Waals surface area contributed by atoms with E-state index in [1.807, 2.05) is 13.8 Å². The van der Waals surface area contributed by atoms with E-state index in [0.29, 0.717) is 18.0 Å². The highest BCUT2D eigenvalue weighted by Gasteiger charge is 2.25. The zero-order valence-electron chi connectivity index (χ0n) is 12.5. The predicted octanol–water partition coefficient (Wildman–Crippen LogP) is 2.97. The fraction of sp³-hybridized carbons (Fsp3) is 0.643. The van der Waals surface area contributed by atoms with Crippen LogP contribution in [-0.4, -0.2) is 36.9 Å². The molecule has 21 heavy (non-hydrogen) atoms. The van der Waals surface area contributed by atoms with Gasteiger partial charge in [0.05, 0.1) is 6.42 Å². The van der Waals surface area contributed by atoms with Gasteiger partial charge in [-0.05, 0) is 25.0 Å². The molecule has 0 aromatic carbocycles. The number of unbranched alkanes of at least 4 members (excludes halogenated alkanes) is 2. The number of rotatable bonds is 10. The van der Waals surface area contributed by atoms with Gasteiger partial charge in [-0.2, -0.15) is 4.31 Å². The van der Waals surface area contributed by atoms with Crippen LogP contribution in [0, 0.1) is 0 Å². The van der Waals surface area contributed by atoms with Crippen molar-refractivity contribution in [3.63, 3.8) is 0 Å². The van der Waals surface area contributed by atoms with Crippen LogP contribution in [0.4, 0.5) is 0 Å². The summed E-state index contributed by atoms with van der Waals surface area (Å²) in [6, 6.07) is 3.10. The van der Waals surface area contributed by atoms with Crippen molar-refractivity contribution < 1.29 is 18.3 Å². The number of carboxylic acids is 1. The Hall–Kier alpha value is -0.920. The largest absolute Gasteiger partial charge is 0.481 e. The second kappa shape index (κ2) is 8.51. The highest BCUT2D eigenvalue weighted by molar-refractivity contribution is 7.91. The summed E-state index contributed by atoms with van der Waals surface area (Å²) in [6.07, 6.45) is 3.40. The number of hydrogen-bond acceptors (Lipinski definition) is 4. The van der Waals surface area contributed by atoms with Gasteiger partial charge in [0.15, 0.2) is 0 Å². The van der Waals surface area contributed by atoms with Crippen molar-refractivity contribution in [2.75, 3.05) is 13.1 Å². The van der Waals surface area contributed by atoms with Crippen molar-refractivity contribution in [1.29, 1.82) is 0 Å². The first-order chi connectivity index (χ1) is 9.91. The molecule has 5 nitrogen and oxygen atoms in total. The average Bonchev–Trinajstić information content (AvgIpc) is 2.87. The summed E-state index contributed by atoms with van der Waals surface area (Å²) in [4.78, 5) is 11.3. The maximum atomic E-state index is 12.6. The molecule has 0 unspecified atom stereocenters. The summed E-state index contributed by atoms with van der Waals surface area (Å²) < 4.78 is 27.0. The van der Waals surface area contributed by atoms with Gasteiger partial charge in [0.25, 0.3) is 10.0 Å². The van der Waals surface area contributed by atoms with Crippen molar-refractivity contribution in [2.24, 2.45) is 0 Å². The molecule has 0 bridgehead atoms. The Balaban J connectivity index is 2.92. The van der Waals surface area contributed by atoms with Crippen LogP contribution in [0.3, 0.4) is 0 Å². The molecule has 0 aliphatic rings. The fourth-order valence-corrected chi connectivity index (χ4v) is 4.91. The lowest BCUT2D eigenvalue weighted by Crippen LogP contribution is -2.32. The molecule has 1 heterocycles. The van der Waals surface area contributed by atoms with Gasteiger partial charge in [-0.3, -0.25) is 4.79 Å². The minimum atomic E-state index is -3.50. The van der Waals surface area contributed by atoms with Gasteiger partial charge in [-0.1, -0.05) is 26.7 Å². The van der Waals surface area contributed by atoms with Gasteiger partial charge in [-0.25, -0.2) is 8.42 Å². The summed E-state index contributed by atoms with van der Waals surface area (Å²) in [5, 5.41) is 8.77. The molecule has 0 spiro atoms. The molecule has 120 valence electrons. The van der Waals surface area contributed by atoms with E-state index < -0.39 is 16.0 Å². The molecule has 7 heteroatoms. The maximum absolute atomic E-state index is 12.6. The van der Waals surface area contributed by atoms with E-state index in [2.05, 4.69) is 0 Å². The molecule has 1 N–H and O–H groups in total.